The molecular formula is C12H24N2OS. The molecule has 1 saturated heterocycles. The van der Waals surface area contributed by atoms with Crippen LogP contribution in [0.2, 0.25) is 0 Å². The van der Waals surface area contributed by atoms with Gasteiger partial charge in [-0.1, -0.05) is 20.8 Å². The maximum atomic E-state index is 12.1. The number of rotatable bonds is 5. The minimum atomic E-state index is 0.0135. The van der Waals surface area contributed by atoms with Crippen molar-refractivity contribution >= 4 is 17.7 Å². The Morgan fingerprint density at radius 3 is 2.50 bits per heavy atom. The second kappa shape index (κ2) is 5.92. The molecule has 0 spiro atoms. The molecular weight excluding hydrogens is 220 g/mol. The van der Waals surface area contributed by atoms with E-state index in [1.165, 1.54) is 0 Å². The number of hydrogen-bond donors (Lipinski definition) is 1. The van der Waals surface area contributed by atoms with Gasteiger partial charge >= 0.3 is 0 Å². The number of thioether (sulfide) groups is 1. The summed E-state index contributed by atoms with van der Waals surface area (Å²) < 4.78 is 0. The summed E-state index contributed by atoms with van der Waals surface area (Å²) in [6.45, 7) is 9.35. The van der Waals surface area contributed by atoms with E-state index >= 15 is 0 Å². The summed E-state index contributed by atoms with van der Waals surface area (Å²) in [6, 6.07) is 0.0135. The van der Waals surface area contributed by atoms with Crippen molar-refractivity contribution in [3.05, 3.63) is 0 Å². The Balaban J connectivity index is 2.51. The first-order chi connectivity index (χ1) is 7.47. The molecule has 3 atom stereocenters. The molecule has 1 amide bonds. The Morgan fingerprint density at radius 2 is 2.06 bits per heavy atom. The highest BCUT2D eigenvalue weighted by Gasteiger charge is 2.37. The number of carbonyl (C=O) groups excluding carboxylic acids is 1. The molecule has 1 N–H and O–H groups in total. The molecule has 4 heteroatoms. The van der Waals surface area contributed by atoms with Crippen molar-refractivity contribution in [2.45, 2.75) is 51.6 Å². The van der Waals surface area contributed by atoms with Crippen LogP contribution in [0.3, 0.4) is 0 Å². The smallest absolute Gasteiger partial charge is 0.241 e. The molecule has 0 bridgehead atoms. The van der Waals surface area contributed by atoms with Gasteiger partial charge in [0.2, 0.25) is 5.91 Å². The van der Waals surface area contributed by atoms with Gasteiger partial charge in [-0.05, 0) is 25.5 Å². The molecule has 0 radical (unpaired) electrons. The fraction of sp³-hybridized carbons (Fsp3) is 0.917. The van der Waals surface area contributed by atoms with Crippen LogP contribution >= 0.6 is 11.8 Å². The predicted molar refractivity (Wildman–Crippen MR) is 70.5 cm³/mol. The van der Waals surface area contributed by atoms with Crippen LogP contribution < -0.4 is 5.32 Å². The summed E-state index contributed by atoms with van der Waals surface area (Å²) in [4.78, 5) is 14.1. The molecule has 1 fully saturated rings. The van der Waals surface area contributed by atoms with E-state index in [1.807, 2.05) is 16.7 Å². The summed E-state index contributed by atoms with van der Waals surface area (Å²) in [7, 11) is 0. The number of nitrogens with one attached hydrogen (secondary N) is 1. The number of hydrogen-bond acceptors (Lipinski definition) is 3. The quantitative estimate of drug-likeness (QED) is 0.802. The predicted octanol–water partition coefficient (Wildman–Crippen LogP) is 1.93. The molecule has 0 saturated carbocycles. The van der Waals surface area contributed by atoms with E-state index in [4.69, 9.17) is 0 Å². The average Bonchev–Trinajstić information content (AvgIpc) is 2.51. The molecule has 94 valence electrons. The largest absolute Gasteiger partial charge is 0.326 e. The Labute approximate surface area is 103 Å². The monoisotopic (exact) mass is 244 g/mol. The van der Waals surface area contributed by atoms with Crippen molar-refractivity contribution in [3.8, 4) is 0 Å². The fourth-order valence-electron chi connectivity index (χ4n) is 2.01. The normalized spacial score (nSPS) is 27.9. The van der Waals surface area contributed by atoms with Gasteiger partial charge in [-0.2, -0.15) is 11.8 Å². The third kappa shape index (κ3) is 3.14. The third-order valence-corrected chi connectivity index (χ3v) is 4.32. The molecule has 0 aromatic rings. The van der Waals surface area contributed by atoms with Gasteiger partial charge in [0.1, 0.15) is 0 Å². The minimum absolute atomic E-state index is 0.0135. The Morgan fingerprint density at radius 1 is 1.44 bits per heavy atom. The SMILES string of the molecule is CSC(C)CCN1C(=O)C(C(C)C)NC1C. The highest BCUT2D eigenvalue weighted by atomic mass is 32.2. The van der Waals surface area contributed by atoms with Gasteiger partial charge in [0.15, 0.2) is 0 Å². The Kier molecular flexibility index (Phi) is 5.12. The lowest BCUT2D eigenvalue weighted by atomic mass is 10.1. The molecule has 1 aliphatic heterocycles. The van der Waals surface area contributed by atoms with Gasteiger partial charge in [0.05, 0.1) is 12.2 Å². The summed E-state index contributed by atoms with van der Waals surface area (Å²) >= 11 is 1.86. The fourth-order valence-corrected chi connectivity index (χ4v) is 2.35. The van der Waals surface area contributed by atoms with Gasteiger partial charge in [0.25, 0.3) is 0 Å². The van der Waals surface area contributed by atoms with Gasteiger partial charge in [-0.25, -0.2) is 0 Å². The van der Waals surface area contributed by atoms with Gasteiger partial charge in [-0.15, -0.1) is 0 Å². The lowest BCUT2D eigenvalue weighted by molar-refractivity contribution is -0.130. The van der Waals surface area contributed by atoms with E-state index < -0.39 is 0 Å². The van der Waals surface area contributed by atoms with Crippen LogP contribution in [-0.4, -0.2) is 41.1 Å². The third-order valence-electron chi connectivity index (χ3n) is 3.28. The topological polar surface area (TPSA) is 32.3 Å². The molecule has 1 heterocycles. The molecule has 0 aliphatic carbocycles. The lowest BCUT2D eigenvalue weighted by Crippen LogP contribution is -2.36. The van der Waals surface area contributed by atoms with E-state index in [0.29, 0.717) is 11.2 Å². The van der Waals surface area contributed by atoms with Crippen molar-refractivity contribution in [1.29, 1.82) is 0 Å². The molecule has 16 heavy (non-hydrogen) atoms. The maximum absolute atomic E-state index is 12.1. The summed E-state index contributed by atoms with van der Waals surface area (Å²) in [6.07, 6.45) is 3.38. The Bertz CT molecular complexity index is 245. The van der Waals surface area contributed by atoms with E-state index in [1.54, 1.807) is 0 Å². The van der Waals surface area contributed by atoms with Crippen molar-refractivity contribution in [3.63, 3.8) is 0 Å². The number of nitrogens with zero attached hydrogens (tertiary/aromatic N) is 1. The zero-order valence-corrected chi connectivity index (χ0v) is 11.8. The number of amides is 1. The summed E-state index contributed by atoms with van der Waals surface area (Å²) in [5.74, 6) is 0.647. The van der Waals surface area contributed by atoms with E-state index in [9.17, 15) is 4.79 Å². The molecule has 0 aromatic heterocycles. The van der Waals surface area contributed by atoms with Crippen LogP contribution in [-0.2, 0) is 4.79 Å². The second-order valence-electron chi connectivity index (χ2n) is 4.93. The van der Waals surface area contributed by atoms with Crippen molar-refractivity contribution < 1.29 is 4.79 Å². The summed E-state index contributed by atoms with van der Waals surface area (Å²) in [5, 5.41) is 3.99. The standard InChI is InChI=1S/C12H24N2OS/c1-8(2)11-12(15)14(10(4)13-11)7-6-9(3)16-5/h8-11,13H,6-7H2,1-5H3. The maximum Gasteiger partial charge on any atom is 0.241 e. The first kappa shape index (κ1) is 13.8. The molecule has 3 unspecified atom stereocenters. The van der Waals surface area contributed by atoms with Gasteiger partial charge in [-0.3, -0.25) is 10.1 Å². The van der Waals surface area contributed by atoms with Crippen molar-refractivity contribution in [2.75, 3.05) is 12.8 Å². The van der Waals surface area contributed by atoms with E-state index in [-0.39, 0.29) is 18.1 Å². The zero-order chi connectivity index (χ0) is 12.3. The highest BCUT2D eigenvalue weighted by Crippen LogP contribution is 2.19. The first-order valence-corrected chi connectivity index (χ1v) is 7.35. The number of carbonyl (C=O) groups is 1. The Hall–Kier alpha value is -0.220. The van der Waals surface area contributed by atoms with Crippen LogP contribution in [0, 0.1) is 5.92 Å². The highest BCUT2D eigenvalue weighted by molar-refractivity contribution is 7.99. The van der Waals surface area contributed by atoms with Crippen LogP contribution in [0.25, 0.3) is 0 Å². The van der Waals surface area contributed by atoms with Crippen LogP contribution in [0.4, 0.5) is 0 Å². The minimum Gasteiger partial charge on any atom is -0.326 e. The van der Waals surface area contributed by atoms with E-state index in [2.05, 4.69) is 39.3 Å². The van der Waals surface area contributed by atoms with E-state index in [0.717, 1.165) is 13.0 Å². The molecule has 3 nitrogen and oxygen atoms in total. The summed E-state index contributed by atoms with van der Waals surface area (Å²) in [5.41, 5.74) is 0. The average molecular weight is 244 g/mol. The van der Waals surface area contributed by atoms with Crippen LogP contribution in [0.5, 0.6) is 0 Å². The van der Waals surface area contributed by atoms with Gasteiger partial charge in [0, 0.05) is 11.8 Å². The first-order valence-electron chi connectivity index (χ1n) is 6.06. The van der Waals surface area contributed by atoms with Gasteiger partial charge < -0.3 is 4.90 Å². The molecule has 1 aliphatic rings. The van der Waals surface area contributed by atoms with Crippen molar-refractivity contribution in [2.24, 2.45) is 5.92 Å². The zero-order valence-electron chi connectivity index (χ0n) is 11.0. The molecule has 1 rings (SSSR count). The second-order valence-corrected chi connectivity index (χ2v) is 6.21. The lowest BCUT2D eigenvalue weighted by Gasteiger charge is -2.22. The van der Waals surface area contributed by atoms with Crippen molar-refractivity contribution in [1.82, 2.24) is 10.2 Å². The van der Waals surface area contributed by atoms with Crippen LogP contribution in [0.1, 0.15) is 34.1 Å². The van der Waals surface area contributed by atoms with Crippen LogP contribution in [0.15, 0.2) is 0 Å². The molecule has 0 aromatic carbocycles.